The van der Waals surface area contributed by atoms with Gasteiger partial charge < -0.3 is 15.9 Å². The lowest BCUT2D eigenvalue weighted by molar-refractivity contribution is -0.122. The van der Waals surface area contributed by atoms with Crippen LogP contribution in [-0.4, -0.2) is 33.9 Å². The third-order valence-corrected chi connectivity index (χ3v) is 1.58. The van der Waals surface area contributed by atoms with Gasteiger partial charge in [0.1, 0.15) is 0 Å². The van der Waals surface area contributed by atoms with Gasteiger partial charge in [0.05, 0.1) is 6.61 Å². The molecule has 0 aliphatic heterocycles. The number of aliphatic hydroxyl groups excluding tert-OH is 2. The van der Waals surface area contributed by atoms with Gasteiger partial charge in [-0.15, -0.1) is 11.8 Å². The number of hydrogen-bond acceptors (Lipinski definition) is 4. The highest BCUT2D eigenvalue weighted by atomic mass is 32.2. The van der Waals surface area contributed by atoms with Crippen LogP contribution >= 0.6 is 11.8 Å². The molecule has 0 saturated carbocycles. The summed E-state index contributed by atoms with van der Waals surface area (Å²) in [5, 5.41) is 16.8. The summed E-state index contributed by atoms with van der Waals surface area (Å²) in [6.07, 6.45) is 0. The molecule has 0 saturated heterocycles. The summed E-state index contributed by atoms with van der Waals surface area (Å²) in [6.45, 7) is -0.0605. The van der Waals surface area contributed by atoms with Gasteiger partial charge in [0, 0.05) is 5.75 Å². The summed E-state index contributed by atoms with van der Waals surface area (Å²) in [5.41, 5.74) is 3.50. The fourth-order valence-corrected chi connectivity index (χ4v) is 0.739. The van der Waals surface area contributed by atoms with Crippen LogP contribution in [0.5, 0.6) is 0 Å². The Hall–Kier alpha value is -0.260. The smallest absolute Gasteiger partial charge is 0.256 e. The van der Waals surface area contributed by atoms with Gasteiger partial charge in [0.25, 0.3) is 5.91 Å². The summed E-state index contributed by atoms with van der Waals surface area (Å²) < 4.78 is 0. The Labute approximate surface area is 57.0 Å². The van der Waals surface area contributed by atoms with Crippen LogP contribution in [0.2, 0.25) is 0 Å². The van der Waals surface area contributed by atoms with E-state index in [1.165, 1.54) is 0 Å². The molecule has 0 spiro atoms. The Morgan fingerprint density at radius 1 is 1.78 bits per heavy atom. The molecule has 1 amide bonds. The largest absolute Gasteiger partial charge is 0.396 e. The third-order valence-electron chi connectivity index (χ3n) is 0.610. The minimum Gasteiger partial charge on any atom is -0.396 e. The second-order valence-corrected chi connectivity index (χ2v) is 2.54. The normalized spacial score (nSPS) is 13.1. The van der Waals surface area contributed by atoms with Crippen molar-refractivity contribution in [2.75, 3.05) is 12.4 Å². The van der Waals surface area contributed by atoms with Crippen molar-refractivity contribution in [2.24, 2.45) is 5.73 Å². The predicted molar refractivity (Wildman–Crippen MR) is 34.7 cm³/mol. The monoisotopic (exact) mass is 151 g/mol. The fourth-order valence-electron chi connectivity index (χ4n) is 0.246. The van der Waals surface area contributed by atoms with E-state index >= 15 is 0 Å². The van der Waals surface area contributed by atoms with Crippen LogP contribution in [0.3, 0.4) is 0 Å². The molecule has 1 atom stereocenters. The number of amides is 1. The first-order valence-corrected chi connectivity index (χ1v) is 3.43. The van der Waals surface area contributed by atoms with E-state index in [1.54, 1.807) is 0 Å². The maximum atomic E-state index is 10.1. The van der Waals surface area contributed by atoms with Crippen molar-refractivity contribution >= 4 is 17.7 Å². The molecular formula is C4H9NO3S. The van der Waals surface area contributed by atoms with Crippen molar-refractivity contribution in [1.82, 2.24) is 0 Å². The lowest BCUT2D eigenvalue weighted by Crippen LogP contribution is -2.25. The molecule has 0 aliphatic rings. The molecular weight excluding hydrogens is 142 g/mol. The molecule has 0 heterocycles. The van der Waals surface area contributed by atoms with Crippen LogP contribution in [0.4, 0.5) is 0 Å². The Bertz CT molecular complexity index is 97.8. The van der Waals surface area contributed by atoms with Crippen molar-refractivity contribution in [3.63, 3.8) is 0 Å². The predicted octanol–water partition coefficient (Wildman–Crippen LogP) is -1.48. The quantitative estimate of drug-likeness (QED) is 0.428. The summed E-state index contributed by atoms with van der Waals surface area (Å²) in [4.78, 5) is 10.1. The summed E-state index contributed by atoms with van der Waals surface area (Å²) in [5.74, 6) is -0.446. The van der Waals surface area contributed by atoms with Crippen LogP contribution < -0.4 is 5.73 Å². The lowest BCUT2D eigenvalue weighted by atomic mass is 10.7. The number of hydrogen-bond donors (Lipinski definition) is 3. The van der Waals surface area contributed by atoms with E-state index in [0.717, 1.165) is 11.8 Å². The highest BCUT2D eigenvalue weighted by molar-refractivity contribution is 8.00. The Balaban J connectivity index is 3.27. The molecule has 0 radical (unpaired) electrons. The first-order chi connectivity index (χ1) is 4.18. The van der Waals surface area contributed by atoms with Gasteiger partial charge in [-0.05, 0) is 0 Å². The minimum absolute atomic E-state index is 0.0605. The van der Waals surface area contributed by atoms with Gasteiger partial charge in [-0.1, -0.05) is 0 Å². The van der Waals surface area contributed by atoms with Crippen LogP contribution in [-0.2, 0) is 4.79 Å². The minimum atomic E-state index is -1.18. The van der Waals surface area contributed by atoms with E-state index in [2.05, 4.69) is 5.73 Å². The van der Waals surface area contributed by atoms with Crippen molar-refractivity contribution in [2.45, 2.75) is 5.44 Å². The zero-order valence-electron chi connectivity index (χ0n) is 4.78. The molecule has 9 heavy (non-hydrogen) atoms. The summed E-state index contributed by atoms with van der Waals surface area (Å²) in [7, 11) is 0. The zero-order chi connectivity index (χ0) is 7.28. The molecule has 0 fully saturated rings. The van der Waals surface area contributed by atoms with Crippen LogP contribution in [0, 0.1) is 0 Å². The maximum Gasteiger partial charge on any atom is 0.256 e. The van der Waals surface area contributed by atoms with Crippen molar-refractivity contribution < 1.29 is 15.0 Å². The van der Waals surface area contributed by atoms with E-state index in [1.807, 2.05) is 0 Å². The molecule has 0 rings (SSSR count). The molecule has 0 aromatic rings. The molecule has 0 aliphatic carbocycles. The molecule has 0 bridgehead atoms. The number of nitrogens with two attached hydrogens (primary N) is 1. The zero-order valence-corrected chi connectivity index (χ0v) is 5.60. The molecule has 54 valence electrons. The maximum absolute atomic E-state index is 10.1. The number of thioether (sulfide) groups is 1. The van der Waals surface area contributed by atoms with Gasteiger partial charge in [-0.3, -0.25) is 4.79 Å². The van der Waals surface area contributed by atoms with E-state index in [9.17, 15) is 4.79 Å². The Kier molecular flexibility index (Phi) is 4.47. The van der Waals surface area contributed by atoms with Gasteiger partial charge in [0.15, 0.2) is 5.44 Å². The molecule has 1 unspecified atom stereocenters. The van der Waals surface area contributed by atoms with Crippen LogP contribution in [0.15, 0.2) is 0 Å². The van der Waals surface area contributed by atoms with Gasteiger partial charge in [0.2, 0.25) is 0 Å². The number of primary amides is 1. The average molecular weight is 151 g/mol. The first-order valence-electron chi connectivity index (χ1n) is 2.38. The standard InChI is InChI=1S/C4H9NO3S/c5-3(7)4(8)9-2-1-6/h4,6,8H,1-2H2,(H2,5,7). The lowest BCUT2D eigenvalue weighted by Gasteiger charge is -2.02. The van der Waals surface area contributed by atoms with E-state index in [4.69, 9.17) is 10.2 Å². The highest BCUT2D eigenvalue weighted by Gasteiger charge is 2.08. The Morgan fingerprint density at radius 3 is 2.67 bits per heavy atom. The Morgan fingerprint density at radius 2 is 2.33 bits per heavy atom. The summed E-state index contributed by atoms with van der Waals surface area (Å²) in [6, 6.07) is 0. The number of aliphatic hydroxyl groups is 2. The van der Waals surface area contributed by atoms with Gasteiger partial charge >= 0.3 is 0 Å². The third kappa shape index (κ3) is 4.26. The van der Waals surface area contributed by atoms with E-state index in [-0.39, 0.29) is 6.61 Å². The average Bonchev–Trinajstić information content (AvgIpc) is 1.82. The second kappa shape index (κ2) is 4.60. The van der Waals surface area contributed by atoms with Crippen LogP contribution in [0.25, 0.3) is 0 Å². The van der Waals surface area contributed by atoms with Crippen molar-refractivity contribution in [3.05, 3.63) is 0 Å². The number of carbonyl (C=O) groups excluding carboxylic acids is 1. The first kappa shape index (κ1) is 8.74. The SMILES string of the molecule is NC(=O)C(O)SCCO. The summed E-state index contributed by atoms with van der Waals surface area (Å²) >= 11 is 0.916. The van der Waals surface area contributed by atoms with E-state index < -0.39 is 11.3 Å². The highest BCUT2D eigenvalue weighted by Crippen LogP contribution is 2.04. The molecule has 0 aromatic heterocycles. The van der Waals surface area contributed by atoms with Crippen molar-refractivity contribution in [1.29, 1.82) is 0 Å². The number of carbonyl (C=O) groups is 1. The van der Waals surface area contributed by atoms with Gasteiger partial charge in [-0.25, -0.2) is 0 Å². The molecule has 4 N–H and O–H groups in total. The second-order valence-electron chi connectivity index (χ2n) is 1.35. The molecule has 4 nitrogen and oxygen atoms in total. The topological polar surface area (TPSA) is 83.6 Å². The van der Waals surface area contributed by atoms with Gasteiger partial charge in [-0.2, -0.15) is 0 Å². The van der Waals surface area contributed by atoms with E-state index in [0.29, 0.717) is 5.75 Å². The molecule has 5 heteroatoms. The number of rotatable bonds is 4. The fraction of sp³-hybridized carbons (Fsp3) is 0.750. The van der Waals surface area contributed by atoms with Crippen LogP contribution in [0.1, 0.15) is 0 Å². The van der Waals surface area contributed by atoms with Crippen molar-refractivity contribution in [3.8, 4) is 0 Å². The molecule has 0 aromatic carbocycles.